The van der Waals surface area contributed by atoms with E-state index in [9.17, 15) is 0 Å². The van der Waals surface area contributed by atoms with Crippen LogP contribution in [0, 0.1) is 16.7 Å². The molecule has 0 aliphatic heterocycles. The maximum atomic E-state index is 5.77. The molecule has 3 nitrogen and oxygen atoms in total. The molecule has 88 valence electrons. The molecule has 1 aliphatic rings. The first kappa shape index (κ1) is 11.6. The molecule has 1 aromatic heterocycles. The molecule has 1 saturated carbocycles. The molecule has 4 heteroatoms. The number of hydrogen-bond acceptors (Lipinski definition) is 3. The smallest absolute Gasteiger partial charge is 0.149 e. The van der Waals surface area contributed by atoms with E-state index in [1.165, 1.54) is 6.20 Å². The zero-order valence-electron chi connectivity index (χ0n) is 10.2. The number of hydrogen-bond donors (Lipinski definition) is 1. The second kappa shape index (κ2) is 3.59. The van der Waals surface area contributed by atoms with Crippen molar-refractivity contribution in [2.75, 3.05) is 11.9 Å². The van der Waals surface area contributed by atoms with Crippen molar-refractivity contribution in [3.8, 4) is 0 Å². The van der Waals surface area contributed by atoms with Crippen LogP contribution < -0.4 is 5.32 Å². The molecule has 0 radical (unpaired) electrons. The number of nitrogens with zero attached hydrogens (tertiary/aromatic N) is 2. The molecular formula is C12H18ClN3. The number of anilines is 1. The predicted molar refractivity (Wildman–Crippen MR) is 66.6 cm³/mol. The first-order valence-electron chi connectivity index (χ1n) is 5.57. The third-order valence-corrected chi connectivity index (χ3v) is 4.59. The fraction of sp³-hybridized carbons (Fsp3) is 0.667. The molecule has 1 fully saturated rings. The Hall–Kier alpha value is -0.830. The standard InChI is InChI=1S/C12H18ClN3/c1-11(2)8(12(11,3)4)5-15-10-7-14-6-9(13)16-10/h6-8H,5H2,1-4H3,(H,15,16). The lowest BCUT2D eigenvalue weighted by Gasteiger charge is -2.06. The minimum absolute atomic E-state index is 0.395. The van der Waals surface area contributed by atoms with Gasteiger partial charge in [0.15, 0.2) is 0 Å². The van der Waals surface area contributed by atoms with Crippen molar-refractivity contribution in [3.05, 3.63) is 17.5 Å². The molecule has 1 heterocycles. The van der Waals surface area contributed by atoms with Gasteiger partial charge in [0.1, 0.15) is 11.0 Å². The van der Waals surface area contributed by atoms with Crippen LogP contribution in [-0.2, 0) is 0 Å². The van der Waals surface area contributed by atoms with Crippen LogP contribution in [-0.4, -0.2) is 16.5 Å². The van der Waals surface area contributed by atoms with Crippen LogP contribution in [0.5, 0.6) is 0 Å². The SMILES string of the molecule is CC1(C)C(CNc2cncc(Cl)n2)C1(C)C. The van der Waals surface area contributed by atoms with Crippen molar-refractivity contribution in [1.82, 2.24) is 9.97 Å². The summed E-state index contributed by atoms with van der Waals surface area (Å²) in [4.78, 5) is 8.16. The van der Waals surface area contributed by atoms with Crippen molar-refractivity contribution >= 4 is 17.4 Å². The van der Waals surface area contributed by atoms with Crippen LogP contribution >= 0.6 is 11.6 Å². The molecule has 0 aromatic carbocycles. The highest BCUT2D eigenvalue weighted by Gasteiger charge is 2.64. The average Bonchev–Trinajstić information content (AvgIpc) is 2.55. The van der Waals surface area contributed by atoms with E-state index in [0.717, 1.165) is 12.4 Å². The highest BCUT2D eigenvalue weighted by atomic mass is 35.5. The van der Waals surface area contributed by atoms with E-state index in [1.54, 1.807) is 6.20 Å². The molecule has 1 aromatic rings. The molecule has 16 heavy (non-hydrogen) atoms. The number of rotatable bonds is 3. The quantitative estimate of drug-likeness (QED) is 0.880. The zero-order valence-corrected chi connectivity index (χ0v) is 11.0. The van der Waals surface area contributed by atoms with Crippen molar-refractivity contribution in [2.45, 2.75) is 27.7 Å². The lowest BCUT2D eigenvalue weighted by Crippen LogP contribution is -2.09. The Labute approximate surface area is 102 Å². The molecule has 0 saturated heterocycles. The summed E-state index contributed by atoms with van der Waals surface area (Å²) in [5, 5.41) is 3.73. The van der Waals surface area contributed by atoms with Crippen LogP contribution in [0.2, 0.25) is 5.15 Å². The van der Waals surface area contributed by atoms with E-state index in [0.29, 0.717) is 21.9 Å². The average molecular weight is 240 g/mol. The number of nitrogens with one attached hydrogen (secondary N) is 1. The molecule has 1 N–H and O–H groups in total. The maximum Gasteiger partial charge on any atom is 0.149 e. The Balaban J connectivity index is 1.95. The van der Waals surface area contributed by atoms with Crippen LogP contribution in [0.4, 0.5) is 5.82 Å². The van der Waals surface area contributed by atoms with Crippen molar-refractivity contribution in [1.29, 1.82) is 0 Å². The van der Waals surface area contributed by atoms with E-state index in [4.69, 9.17) is 11.6 Å². The molecule has 0 amide bonds. The van der Waals surface area contributed by atoms with E-state index >= 15 is 0 Å². The Bertz CT molecular complexity index is 387. The van der Waals surface area contributed by atoms with Gasteiger partial charge in [0.2, 0.25) is 0 Å². The van der Waals surface area contributed by atoms with Crippen LogP contribution in [0.3, 0.4) is 0 Å². The third kappa shape index (κ3) is 1.77. The van der Waals surface area contributed by atoms with Gasteiger partial charge in [-0.05, 0) is 16.7 Å². The number of halogens is 1. The van der Waals surface area contributed by atoms with E-state index in [2.05, 4.69) is 43.0 Å². The topological polar surface area (TPSA) is 37.8 Å². The minimum Gasteiger partial charge on any atom is -0.368 e. The summed E-state index contributed by atoms with van der Waals surface area (Å²) >= 11 is 5.77. The first-order chi connectivity index (χ1) is 7.35. The van der Waals surface area contributed by atoms with E-state index in [-0.39, 0.29) is 0 Å². The molecule has 1 aliphatic carbocycles. The summed E-state index contributed by atoms with van der Waals surface area (Å²) < 4.78 is 0. The molecular weight excluding hydrogens is 222 g/mol. The Morgan fingerprint density at radius 2 is 1.88 bits per heavy atom. The largest absolute Gasteiger partial charge is 0.368 e. The van der Waals surface area contributed by atoms with Gasteiger partial charge >= 0.3 is 0 Å². The summed E-state index contributed by atoms with van der Waals surface area (Å²) in [5.74, 6) is 1.42. The van der Waals surface area contributed by atoms with Gasteiger partial charge in [-0.2, -0.15) is 0 Å². The van der Waals surface area contributed by atoms with Gasteiger partial charge < -0.3 is 5.32 Å². The lowest BCUT2D eigenvalue weighted by atomic mass is 10.0. The van der Waals surface area contributed by atoms with Crippen molar-refractivity contribution in [2.24, 2.45) is 16.7 Å². The maximum absolute atomic E-state index is 5.77. The predicted octanol–water partition coefficient (Wildman–Crippen LogP) is 3.22. The molecule has 0 atom stereocenters. The lowest BCUT2D eigenvalue weighted by molar-refractivity contribution is 0.457. The van der Waals surface area contributed by atoms with Gasteiger partial charge in [-0.15, -0.1) is 0 Å². The normalized spacial score (nSPS) is 21.8. The summed E-state index contributed by atoms with van der Waals surface area (Å²) in [6.45, 7) is 10.2. The fourth-order valence-electron chi connectivity index (χ4n) is 2.48. The highest BCUT2D eigenvalue weighted by Crippen LogP contribution is 2.68. The number of aromatic nitrogens is 2. The van der Waals surface area contributed by atoms with Crippen LogP contribution in [0.1, 0.15) is 27.7 Å². The van der Waals surface area contributed by atoms with Gasteiger partial charge in [0.05, 0.1) is 12.4 Å². The van der Waals surface area contributed by atoms with Crippen LogP contribution in [0.25, 0.3) is 0 Å². The summed E-state index contributed by atoms with van der Waals surface area (Å²) in [6, 6.07) is 0. The molecule has 0 bridgehead atoms. The van der Waals surface area contributed by atoms with E-state index < -0.39 is 0 Å². The van der Waals surface area contributed by atoms with Gasteiger partial charge in [0, 0.05) is 6.54 Å². The fourth-order valence-corrected chi connectivity index (χ4v) is 2.62. The third-order valence-electron chi connectivity index (χ3n) is 4.41. The van der Waals surface area contributed by atoms with E-state index in [1.807, 2.05) is 0 Å². The van der Waals surface area contributed by atoms with Crippen molar-refractivity contribution in [3.63, 3.8) is 0 Å². The Kier molecular flexibility index (Phi) is 2.61. The van der Waals surface area contributed by atoms with Gasteiger partial charge in [0.25, 0.3) is 0 Å². The summed E-state index contributed by atoms with van der Waals surface area (Å²) in [5.41, 5.74) is 0.790. The molecule has 2 rings (SSSR count). The molecule has 0 spiro atoms. The minimum atomic E-state index is 0.395. The summed E-state index contributed by atoms with van der Waals surface area (Å²) in [7, 11) is 0. The zero-order chi connectivity index (χ0) is 12.0. The van der Waals surface area contributed by atoms with Crippen LogP contribution in [0.15, 0.2) is 12.4 Å². The summed E-state index contributed by atoms with van der Waals surface area (Å²) in [6.07, 6.45) is 3.24. The molecule has 0 unspecified atom stereocenters. The second-order valence-corrected chi connectivity index (χ2v) is 5.99. The monoisotopic (exact) mass is 239 g/mol. The first-order valence-corrected chi connectivity index (χ1v) is 5.95. The van der Waals surface area contributed by atoms with Gasteiger partial charge in [-0.1, -0.05) is 39.3 Å². The second-order valence-electron chi connectivity index (χ2n) is 5.60. The van der Waals surface area contributed by atoms with Gasteiger partial charge in [-0.25, -0.2) is 4.98 Å². The Morgan fingerprint density at radius 1 is 1.25 bits per heavy atom. The Morgan fingerprint density at radius 3 is 2.38 bits per heavy atom. The van der Waals surface area contributed by atoms with Crippen molar-refractivity contribution < 1.29 is 0 Å². The van der Waals surface area contributed by atoms with Gasteiger partial charge in [-0.3, -0.25) is 4.98 Å². The highest BCUT2D eigenvalue weighted by molar-refractivity contribution is 6.29.